The normalized spacial score (nSPS) is 11.5. The second kappa shape index (κ2) is 5.22. The number of hydrogen-bond donors (Lipinski definition) is 0. The van der Waals surface area contributed by atoms with Gasteiger partial charge in [-0.3, -0.25) is 9.69 Å². The van der Waals surface area contributed by atoms with Crippen LogP contribution in [-0.2, 0) is 4.79 Å². The van der Waals surface area contributed by atoms with Crippen LogP contribution in [0.1, 0.15) is 27.7 Å². The highest BCUT2D eigenvalue weighted by Crippen LogP contribution is 1.98. The van der Waals surface area contributed by atoms with Gasteiger partial charge in [-0.25, -0.2) is 0 Å². The lowest BCUT2D eigenvalue weighted by atomic mass is 10.3. The monoisotopic (exact) mass is 186 g/mol. The van der Waals surface area contributed by atoms with Crippen LogP contribution in [0.25, 0.3) is 0 Å². The van der Waals surface area contributed by atoms with Gasteiger partial charge in [0.15, 0.2) is 0 Å². The topological polar surface area (TPSA) is 23.6 Å². The molecule has 0 aliphatic carbocycles. The first-order valence-electron chi connectivity index (χ1n) is 4.82. The molecule has 0 aliphatic rings. The van der Waals surface area contributed by atoms with Gasteiger partial charge in [-0.15, -0.1) is 0 Å². The van der Waals surface area contributed by atoms with Gasteiger partial charge in [0.1, 0.15) is 0 Å². The third-order valence-electron chi connectivity index (χ3n) is 2.43. The molecule has 0 bridgehead atoms. The van der Waals surface area contributed by atoms with E-state index in [1.165, 1.54) is 0 Å². The molecule has 0 N–H and O–H groups in total. The van der Waals surface area contributed by atoms with Crippen molar-refractivity contribution in [2.24, 2.45) is 0 Å². The van der Waals surface area contributed by atoms with Gasteiger partial charge < -0.3 is 4.90 Å². The molecule has 0 aliphatic heterocycles. The molecule has 3 heteroatoms. The highest BCUT2D eigenvalue weighted by Gasteiger charge is 2.15. The van der Waals surface area contributed by atoms with Gasteiger partial charge in [-0.2, -0.15) is 0 Å². The smallest absolute Gasteiger partial charge is 0.236 e. The van der Waals surface area contributed by atoms with Crippen molar-refractivity contribution < 1.29 is 4.79 Å². The van der Waals surface area contributed by atoms with E-state index in [0.29, 0.717) is 12.6 Å². The number of hydrogen-bond acceptors (Lipinski definition) is 2. The summed E-state index contributed by atoms with van der Waals surface area (Å²) in [6, 6.07) is 0.706. The third kappa shape index (κ3) is 4.27. The first-order chi connectivity index (χ1) is 5.86. The van der Waals surface area contributed by atoms with Crippen LogP contribution in [0.2, 0.25) is 0 Å². The van der Waals surface area contributed by atoms with Gasteiger partial charge in [0, 0.05) is 19.1 Å². The van der Waals surface area contributed by atoms with Crippen molar-refractivity contribution in [1.82, 2.24) is 9.80 Å². The van der Waals surface area contributed by atoms with Crippen LogP contribution in [0, 0.1) is 0 Å². The standard InChI is InChI=1S/C10H22N2O/c1-8(2)11(5)7-10(13)12(6)9(3)4/h8-9H,7H2,1-6H3. The fourth-order valence-corrected chi connectivity index (χ4v) is 0.795. The maximum atomic E-state index is 11.6. The fraction of sp³-hybridized carbons (Fsp3) is 0.900. The molecule has 0 saturated carbocycles. The Bertz CT molecular complexity index is 166. The first-order valence-corrected chi connectivity index (χ1v) is 4.82. The molecule has 3 nitrogen and oxygen atoms in total. The van der Waals surface area contributed by atoms with Crippen molar-refractivity contribution in [3.8, 4) is 0 Å². The van der Waals surface area contributed by atoms with Crippen molar-refractivity contribution in [3.63, 3.8) is 0 Å². The molecule has 0 rings (SSSR count). The Hall–Kier alpha value is -0.570. The maximum Gasteiger partial charge on any atom is 0.236 e. The SMILES string of the molecule is CC(C)N(C)CC(=O)N(C)C(C)C. The summed E-state index contributed by atoms with van der Waals surface area (Å²) in [7, 11) is 3.82. The van der Waals surface area contributed by atoms with E-state index in [1.54, 1.807) is 4.90 Å². The Morgan fingerprint density at radius 3 is 1.85 bits per heavy atom. The van der Waals surface area contributed by atoms with Crippen LogP contribution in [0.5, 0.6) is 0 Å². The van der Waals surface area contributed by atoms with Gasteiger partial charge in [0.2, 0.25) is 5.91 Å². The number of rotatable bonds is 4. The van der Waals surface area contributed by atoms with Crippen LogP contribution >= 0.6 is 0 Å². The van der Waals surface area contributed by atoms with Gasteiger partial charge in [-0.05, 0) is 34.7 Å². The summed E-state index contributed by atoms with van der Waals surface area (Å²) in [5, 5.41) is 0. The Labute approximate surface area is 81.7 Å². The first kappa shape index (κ1) is 12.4. The van der Waals surface area contributed by atoms with Crippen molar-refractivity contribution >= 4 is 5.91 Å². The summed E-state index contributed by atoms with van der Waals surface area (Å²) in [4.78, 5) is 15.4. The molecule has 0 aromatic rings. The van der Waals surface area contributed by atoms with E-state index in [-0.39, 0.29) is 11.9 Å². The van der Waals surface area contributed by atoms with Crippen molar-refractivity contribution in [3.05, 3.63) is 0 Å². The van der Waals surface area contributed by atoms with E-state index in [2.05, 4.69) is 13.8 Å². The highest BCUT2D eigenvalue weighted by atomic mass is 16.2. The Kier molecular flexibility index (Phi) is 4.99. The van der Waals surface area contributed by atoms with E-state index in [0.717, 1.165) is 0 Å². The Balaban J connectivity index is 4.00. The molecule has 13 heavy (non-hydrogen) atoms. The van der Waals surface area contributed by atoms with E-state index in [4.69, 9.17) is 0 Å². The van der Waals surface area contributed by atoms with Crippen molar-refractivity contribution in [2.75, 3.05) is 20.6 Å². The molecule has 0 fully saturated rings. The zero-order valence-corrected chi connectivity index (χ0v) is 9.66. The molecule has 0 atom stereocenters. The number of nitrogens with zero attached hydrogens (tertiary/aromatic N) is 2. The largest absolute Gasteiger partial charge is 0.342 e. The van der Waals surface area contributed by atoms with Gasteiger partial charge in [0.25, 0.3) is 0 Å². The lowest BCUT2D eigenvalue weighted by molar-refractivity contribution is -0.132. The van der Waals surface area contributed by atoms with Gasteiger partial charge >= 0.3 is 0 Å². The maximum absolute atomic E-state index is 11.6. The minimum atomic E-state index is 0.186. The minimum absolute atomic E-state index is 0.186. The van der Waals surface area contributed by atoms with Crippen molar-refractivity contribution in [2.45, 2.75) is 39.8 Å². The van der Waals surface area contributed by atoms with Crippen LogP contribution in [0.4, 0.5) is 0 Å². The summed E-state index contributed by atoms with van der Waals surface area (Å²) in [5.74, 6) is 0.186. The Morgan fingerprint density at radius 2 is 1.54 bits per heavy atom. The predicted octanol–water partition coefficient (Wildman–Crippen LogP) is 1.19. The van der Waals surface area contributed by atoms with E-state index in [1.807, 2.05) is 32.8 Å². The molecule has 78 valence electrons. The van der Waals surface area contributed by atoms with E-state index < -0.39 is 0 Å². The average Bonchev–Trinajstić information content (AvgIpc) is 2.02. The zero-order valence-electron chi connectivity index (χ0n) is 9.66. The number of carbonyl (C=O) groups excluding carboxylic acids is 1. The molecule has 0 unspecified atom stereocenters. The number of likely N-dealkylation sites (N-methyl/N-ethyl adjacent to an activating group) is 2. The second-order valence-corrected chi connectivity index (χ2v) is 4.11. The molecule has 0 spiro atoms. The van der Waals surface area contributed by atoms with Crippen molar-refractivity contribution in [1.29, 1.82) is 0 Å². The van der Waals surface area contributed by atoms with Crippen LogP contribution in [0.15, 0.2) is 0 Å². The summed E-state index contributed by atoms with van der Waals surface area (Å²) in [6.07, 6.45) is 0. The number of carbonyl (C=O) groups is 1. The second-order valence-electron chi connectivity index (χ2n) is 4.11. The van der Waals surface area contributed by atoms with Gasteiger partial charge in [-0.1, -0.05) is 0 Å². The quantitative estimate of drug-likeness (QED) is 0.658. The highest BCUT2D eigenvalue weighted by molar-refractivity contribution is 5.78. The lowest BCUT2D eigenvalue weighted by Gasteiger charge is -2.26. The van der Waals surface area contributed by atoms with Crippen LogP contribution < -0.4 is 0 Å². The molecule has 0 saturated heterocycles. The zero-order chi connectivity index (χ0) is 10.6. The Morgan fingerprint density at radius 1 is 1.08 bits per heavy atom. The van der Waals surface area contributed by atoms with Crippen LogP contribution in [-0.4, -0.2) is 48.4 Å². The van der Waals surface area contributed by atoms with E-state index in [9.17, 15) is 4.79 Å². The molecule has 0 aromatic heterocycles. The lowest BCUT2D eigenvalue weighted by Crippen LogP contribution is -2.42. The summed E-state index contributed by atoms with van der Waals surface area (Å²) >= 11 is 0. The molecular weight excluding hydrogens is 164 g/mol. The van der Waals surface area contributed by atoms with E-state index >= 15 is 0 Å². The molecule has 1 amide bonds. The molecular formula is C10H22N2O. The summed E-state index contributed by atoms with van der Waals surface area (Å²) < 4.78 is 0. The average molecular weight is 186 g/mol. The minimum Gasteiger partial charge on any atom is -0.342 e. The summed E-state index contributed by atoms with van der Waals surface area (Å²) in [6.45, 7) is 8.72. The fourth-order valence-electron chi connectivity index (χ4n) is 0.795. The predicted molar refractivity (Wildman–Crippen MR) is 55.7 cm³/mol. The number of amides is 1. The molecule has 0 radical (unpaired) electrons. The van der Waals surface area contributed by atoms with Crippen LogP contribution in [0.3, 0.4) is 0 Å². The third-order valence-corrected chi connectivity index (χ3v) is 2.43. The molecule has 0 heterocycles. The van der Waals surface area contributed by atoms with Gasteiger partial charge in [0.05, 0.1) is 6.54 Å². The summed E-state index contributed by atoms with van der Waals surface area (Å²) in [5.41, 5.74) is 0. The molecule has 0 aromatic carbocycles.